The van der Waals surface area contributed by atoms with Gasteiger partial charge in [0.25, 0.3) is 5.56 Å². The predicted molar refractivity (Wildman–Crippen MR) is 125 cm³/mol. The van der Waals surface area contributed by atoms with Gasteiger partial charge >= 0.3 is 0 Å². The number of nitrogens with one attached hydrogen (secondary N) is 2. The summed E-state index contributed by atoms with van der Waals surface area (Å²) >= 11 is 0. The first kappa shape index (κ1) is 21.9. The smallest absolute Gasteiger partial charge is 0.258 e. The Bertz CT molecular complexity index is 1410. The van der Waals surface area contributed by atoms with Crippen molar-refractivity contribution in [2.75, 3.05) is 25.6 Å². The molecule has 4 aromatic rings. The highest BCUT2D eigenvalue weighted by Crippen LogP contribution is 2.22. The first-order chi connectivity index (χ1) is 16.4. The van der Waals surface area contributed by atoms with Gasteiger partial charge in [0.15, 0.2) is 0 Å². The zero-order valence-electron chi connectivity index (χ0n) is 18.7. The molecule has 1 aliphatic rings. The number of ether oxygens (including phenoxy) is 1. The Morgan fingerprint density at radius 2 is 2.00 bits per heavy atom. The summed E-state index contributed by atoms with van der Waals surface area (Å²) in [4.78, 5) is 29.7. The Labute approximate surface area is 194 Å². The van der Waals surface area contributed by atoms with E-state index in [1.165, 1.54) is 22.9 Å². The van der Waals surface area contributed by atoms with Crippen LogP contribution in [0.5, 0.6) is 0 Å². The Balaban J connectivity index is 1.36. The highest BCUT2D eigenvalue weighted by atomic mass is 19.1. The maximum absolute atomic E-state index is 13.6. The fourth-order valence-corrected chi connectivity index (χ4v) is 4.14. The lowest BCUT2D eigenvalue weighted by molar-refractivity contribution is -0.120. The summed E-state index contributed by atoms with van der Waals surface area (Å²) in [6.07, 6.45) is 2.31. The number of amides is 1. The zero-order valence-corrected chi connectivity index (χ0v) is 18.7. The van der Waals surface area contributed by atoms with Crippen LogP contribution in [-0.2, 0) is 9.53 Å². The number of hydrogen-bond acceptors (Lipinski definition) is 6. The number of methoxy groups -OCH3 is 1. The molecule has 2 atom stereocenters. The number of hydrogen-bond donors (Lipinski definition) is 2. The summed E-state index contributed by atoms with van der Waals surface area (Å²) in [5, 5.41) is 12.0. The van der Waals surface area contributed by atoms with Crippen molar-refractivity contribution in [3.8, 4) is 16.9 Å². The van der Waals surface area contributed by atoms with Crippen LogP contribution in [-0.4, -0.2) is 58.7 Å². The van der Waals surface area contributed by atoms with Crippen LogP contribution in [0.25, 0.3) is 27.8 Å². The molecule has 0 aliphatic carbocycles. The summed E-state index contributed by atoms with van der Waals surface area (Å²) in [6, 6.07) is 12.8. The van der Waals surface area contributed by atoms with E-state index in [0.29, 0.717) is 40.8 Å². The van der Waals surface area contributed by atoms with Crippen LogP contribution < -0.4 is 15.8 Å². The van der Waals surface area contributed by atoms with E-state index in [2.05, 4.69) is 20.6 Å². The van der Waals surface area contributed by atoms with Gasteiger partial charge in [-0.2, -0.15) is 0 Å². The average Bonchev–Trinajstić information content (AvgIpc) is 3.53. The highest BCUT2D eigenvalue weighted by Gasteiger charge is 2.31. The van der Waals surface area contributed by atoms with Gasteiger partial charge in [0, 0.05) is 37.3 Å². The van der Waals surface area contributed by atoms with Crippen molar-refractivity contribution in [1.82, 2.24) is 25.3 Å². The maximum atomic E-state index is 13.6. The summed E-state index contributed by atoms with van der Waals surface area (Å²) in [5.41, 5.74) is 2.32. The SMILES string of the molecule is CO[C@@H]1CN[C@H](C(=O)N(C)c2ccc(-n3cc(-c4cc5cc(F)ccc5[nH]c4=O)nn3)cc2)C1. The topological polar surface area (TPSA) is 105 Å². The fourth-order valence-electron chi connectivity index (χ4n) is 4.14. The van der Waals surface area contributed by atoms with Gasteiger partial charge in [0.1, 0.15) is 11.5 Å². The van der Waals surface area contributed by atoms with Crippen molar-refractivity contribution >= 4 is 22.5 Å². The molecule has 1 saturated heterocycles. The van der Waals surface area contributed by atoms with Crippen LogP contribution in [0.3, 0.4) is 0 Å². The van der Waals surface area contributed by atoms with Crippen molar-refractivity contribution < 1.29 is 13.9 Å². The third-order valence-corrected chi connectivity index (χ3v) is 6.13. The second-order valence-corrected chi connectivity index (χ2v) is 8.26. The Morgan fingerprint density at radius 3 is 2.74 bits per heavy atom. The van der Waals surface area contributed by atoms with E-state index in [1.54, 1.807) is 31.3 Å². The molecule has 0 radical (unpaired) electrons. The number of pyridine rings is 1. The molecule has 0 bridgehead atoms. The van der Waals surface area contributed by atoms with Crippen molar-refractivity contribution in [3.63, 3.8) is 0 Å². The monoisotopic (exact) mass is 462 g/mol. The van der Waals surface area contributed by atoms with Crippen molar-refractivity contribution in [2.45, 2.75) is 18.6 Å². The number of aromatic amines is 1. The van der Waals surface area contributed by atoms with Crippen molar-refractivity contribution in [1.29, 1.82) is 0 Å². The van der Waals surface area contributed by atoms with Crippen LogP contribution in [0, 0.1) is 5.82 Å². The van der Waals surface area contributed by atoms with Crippen LogP contribution >= 0.6 is 0 Å². The van der Waals surface area contributed by atoms with Gasteiger partial charge in [0.05, 0.1) is 29.6 Å². The highest BCUT2D eigenvalue weighted by molar-refractivity contribution is 5.97. The van der Waals surface area contributed by atoms with Crippen molar-refractivity contribution in [3.05, 3.63) is 70.9 Å². The van der Waals surface area contributed by atoms with Gasteiger partial charge in [-0.25, -0.2) is 9.07 Å². The Kier molecular flexibility index (Phi) is 5.68. The third kappa shape index (κ3) is 4.09. The molecule has 2 N–H and O–H groups in total. The van der Waals surface area contributed by atoms with E-state index in [4.69, 9.17) is 4.74 Å². The lowest BCUT2D eigenvalue weighted by Crippen LogP contribution is -2.41. The Hall–Kier alpha value is -3.89. The van der Waals surface area contributed by atoms with E-state index >= 15 is 0 Å². The largest absolute Gasteiger partial charge is 0.380 e. The van der Waals surface area contributed by atoms with Crippen LogP contribution in [0.2, 0.25) is 0 Å². The van der Waals surface area contributed by atoms with Crippen LogP contribution in [0.4, 0.5) is 10.1 Å². The van der Waals surface area contributed by atoms with E-state index < -0.39 is 0 Å². The number of carbonyl (C=O) groups is 1. The minimum absolute atomic E-state index is 0.0256. The van der Waals surface area contributed by atoms with E-state index in [-0.39, 0.29) is 29.4 Å². The lowest BCUT2D eigenvalue weighted by atomic mass is 10.1. The van der Waals surface area contributed by atoms with E-state index in [9.17, 15) is 14.0 Å². The number of rotatable bonds is 5. The summed E-state index contributed by atoms with van der Waals surface area (Å²) < 4.78 is 20.5. The number of anilines is 1. The number of H-pyrrole nitrogens is 1. The molecule has 10 heteroatoms. The number of fused-ring (bicyclic) bond motifs is 1. The Morgan fingerprint density at radius 1 is 1.21 bits per heavy atom. The number of halogens is 1. The normalized spacial score (nSPS) is 17.9. The number of aromatic nitrogens is 4. The first-order valence-corrected chi connectivity index (χ1v) is 10.8. The molecule has 1 amide bonds. The molecule has 1 fully saturated rings. The molecular weight excluding hydrogens is 439 g/mol. The van der Waals surface area contributed by atoms with Gasteiger partial charge in [0.2, 0.25) is 5.91 Å². The van der Waals surface area contributed by atoms with Crippen LogP contribution in [0.1, 0.15) is 6.42 Å². The molecule has 1 aliphatic heterocycles. The average molecular weight is 462 g/mol. The molecule has 0 saturated carbocycles. The molecule has 9 nitrogen and oxygen atoms in total. The van der Waals surface area contributed by atoms with Gasteiger partial charge in [-0.1, -0.05) is 5.21 Å². The fraction of sp³-hybridized carbons (Fsp3) is 0.250. The number of benzene rings is 2. The molecule has 5 rings (SSSR count). The molecule has 174 valence electrons. The molecular formula is C24H23FN6O3. The molecule has 34 heavy (non-hydrogen) atoms. The molecule has 2 aromatic carbocycles. The standard InChI is InChI=1S/C24H23FN6O3/c1-30(24(33)21-11-18(34-2)12-26-21)16-4-6-17(7-5-16)31-13-22(28-29-31)19-10-14-9-15(25)3-8-20(14)27-23(19)32/h3-10,13,18,21,26H,11-12H2,1-2H3,(H,27,32)/t18-,21-/m0/s1. The quantitative estimate of drug-likeness (QED) is 0.471. The minimum Gasteiger partial charge on any atom is -0.380 e. The second kappa shape index (κ2) is 8.81. The van der Waals surface area contributed by atoms with Crippen LogP contribution in [0.15, 0.2) is 59.5 Å². The molecule has 2 aromatic heterocycles. The number of likely N-dealkylation sites (N-methyl/N-ethyl adjacent to an activating group) is 1. The predicted octanol–water partition coefficient (Wildman–Crippen LogP) is 2.25. The number of carbonyl (C=O) groups excluding carboxylic acids is 1. The maximum Gasteiger partial charge on any atom is 0.258 e. The minimum atomic E-state index is -0.389. The van der Waals surface area contributed by atoms with Gasteiger partial charge in [-0.15, -0.1) is 5.10 Å². The van der Waals surface area contributed by atoms with E-state index in [0.717, 1.165) is 5.69 Å². The zero-order chi connectivity index (χ0) is 23.8. The molecule has 0 spiro atoms. The first-order valence-electron chi connectivity index (χ1n) is 10.8. The van der Waals surface area contributed by atoms with Gasteiger partial charge in [-0.3, -0.25) is 9.59 Å². The lowest BCUT2D eigenvalue weighted by Gasteiger charge is -2.21. The van der Waals surface area contributed by atoms with Crippen molar-refractivity contribution in [2.24, 2.45) is 0 Å². The van der Waals surface area contributed by atoms with E-state index in [1.807, 2.05) is 24.3 Å². The third-order valence-electron chi connectivity index (χ3n) is 6.13. The van der Waals surface area contributed by atoms with Gasteiger partial charge in [-0.05, 0) is 55.0 Å². The molecule has 3 heterocycles. The second-order valence-electron chi connectivity index (χ2n) is 8.26. The number of nitrogens with zero attached hydrogens (tertiary/aromatic N) is 4. The summed E-state index contributed by atoms with van der Waals surface area (Å²) in [6.45, 7) is 0.656. The summed E-state index contributed by atoms with van der Waals surface area (Å²) in [5.74, 6) is -0.415. The summed E-state index contributed by atoms with van der Waals surface area (Å²) in [7, 11) is 3.38. The molecule has 0 unspecified atom stereocenters. The van der Waals surface area contributed by atoms with Gasteiger partial charge < -0.3 is 19.9 Å².